The molecule has 3 N–H and O–H groups in total. The van der Waals surface area contributed by atoms with Gasteiger partial charge >= 0.3 is 0 Å². The zero-order valence-corrected chi connectivity index (χ0v) is 19.1. The minimum Gasteiger partial charge on any atom is -0.356 e. The molecular weight excluding hydrogens is 456 g/mol. The number of aromatic nitrogens is 4. The van der Waals surface area contributed by atoms with Gasteiger partial charge in [0.1, 0.15) is 5.65 Å². The number of pyridine rings is 1. The fraction of sp³-hybridized carbons (Fsp3) is 0.304. The zero-order chi connectivity index (χ0) is 22.4. The average molecular weight is 477 g/mol. The Morgan fingerprint density at radius 3 is 2.91 bits per heavy atom. The van der Waals surface area contributed by atoms with Crippen molar-refractivity contribution in [1.29, 1.82) is 5.26 Å². The molecule has 1 aromatic carbocycles. The topological polar surface area (TPSA) is 103 Å². The van der Waals surface area contributed by atoms with Crippen LogP contribution < -0.4 is 16.2 Å². The van der Waals surface area contributed by atoms with Crippen LogP contribution in [0.1, 0.15) is 18.4 Å². The summed E-state index contributed by atoms with van der Waals surface area (Å²) in [7, 11) is 0. The summed E-state index contributed by atoms with van der Waals surface area (Å²) in [5, 5.41) is 23.0. The van der Waals surface area contributed by atoms with Crippen molar-refractivity contribution < 1.29 is 0 Å². The number of nitrogens with zero attached hydrogens (tertiary/aromatic N) is 5. The number of fused-ring (bicyclic) bond motifs is 2. The molecule has 166 valence electrons. The van der Waals surface area contributed by atoms with E-state index in [0.717, 1.165) is 52.0 Å². The third-order valence-corrected chi connectivity index (χ3v) is 8.00. The highest BCUT2D eigenvalue weighted by Gasteiger charge is 2.41. The summed E-state index contributed by atoms with van der Waals surface area (Å²) >= 11 is 8.32. The summed E-state index contributed by atoms with van der Waals surface area (Å²) in [6, 6.07) is 14.2. The van der Waals surface area contributed by atoms with Crippen molar-refractivity contribution in [2.24, 2.45) is 5.92 Å². The van der Waals surface area contributed by atoms with Gasteiger partial charge in [-0.15, -0.1) is 21.8 Å². The van der Waals surface area contributed by atoms with Gasteiger partial charge in [0, 0.05) is 42.5 Å². The molecule has 1 aliphatic carbocycles. The molecule has 1 saturated carbocycles. The molecular formula is C23H21ClN8S. The van der Waals surface area contributed by atoms with Gasteiger partial charge in [0.2, 0.25) is 5.13 Å². The van der Waals surface area contributed by atoms with Gasteiger partial charge in [-0.1, -0.05) is 23.5 Å². The van der Waals surface area contributed by atoms with Crippen LogP contribution in [0.15, 0.2) is 48.8 Å². The lowest BCUT2D eigenvalue weighted by Gasteiger charge is -2.35. The van der Waals surface area contributed by atoms with E-state index in [4.69, 9.17) is 21.8 Å². The molecule has 1 saturated heterocycles. The molecule has 0 radical (unpaired) electrons. The summed E-state index contributed by atoms with van der Waals surface area (Å²) < 4.78 is 1.99. The lowest BCUT2D eigenvalue weighted by molar-refractivity contribution is 0.320. The minimum absolute atomic E-state index is 0.0318. The van der Waals surface area contributed by atoms with Crippen LogP contribution in [0, 0.1) is 17.2 Å². The van der Waals surface area contributed by atoms with E-state index in [9.17, 15) is 0 Å². The first-order valence-corrected chi connectivity index (χ1v) is 12.2. The number of nitriles is 1. The van der Waals surface area contributed by atoms with Crippen molar-refractivity contribution in [3.8, 4) is 27.9 Å². The maximum atomic E-state index is 9.04. The Kier molecular flexibility index (Phi) is 5.23. The normalized spacial score (nSPS) is 24.5. The van der Waals surface area contributed by atoms with E-state index in [-0.39, 0.29) is 11.4 Å². The number of hydrogen-bond donors (Lipinski definition) is 3. The number of hydrazine groups is 1. The molecule has 2 fully saturated rings. The molecule has 0 bridgehead atoms. The van der Waals surface area contributed by atoms with Crippen molar-refractivity contribution in [2.75, 3.05) is 11.9 Å². The lowest BCUT2D eigenvalue weighted by Crippen LogP contribution is -2.47. The second-order valence-electron chi connectivity index (χ2n) is 8.45. The lowest BCUT2D eigenvalue weighted by atomic mass is 9.82. The standard InChI is InChI=1S/C23H21ClN8S/c24-20-16-11-26-29-17(16)7-8-18(20)28-23-31-30-22(33-23)15-2-1-9-32-12-19(27-21(15)32)14-5-3-13(10-25)4-6-14/h1-6,9,12,16-18,20,26,29H,7-8,11H2,(H,28,31). The third kappa shape index (κ3) is 3.75. The highest BCUT2D eigenvalue weighted by Crippen LogP contribution is 2.35. The van der Waals surface area contributed by atoms with Crippen molar-refractivity contribution in [3.63, 3.8) is 0 Å². The first-order chi connectivity index (χ1) is 16.2. The summed E-state index contributed by atoms with van der Waals surface area (Å²) in [5.74, 6) is 0.407. The third-order valence-electron chi connectivity index (χ3n) is 6.48. The van der Waals surface area contributed by atoms with Crippen molar-refractivity contribution >= 4 is 33.7 Å². The molecule has 10 heteroatoms. The summed E-state index contributed by atoms with van der Waals surface area (Å²) in [6.45, 7) is 0.891. The number of anilines is 1. The fourth-order valence-corrected chi connectivity index (χ4v) is 6.01. The second-order valence-corrected chi connectivity index (χ2v) is 9.93. The van der Waals surface area contributed by atoms with Crippen molar-refractivity contribution in [3.05, 3.63) is 54.4 Å². The van der Waals surface area contributed by atoms with E-state index in [0.29, 0.717) is 17.5 Å². The van der Waals surface area contributed by atoms with Gasteiger partial charge in [-0.05, 0) is 37.1 Å². The summed E-state index contributed by atoms with van der Waals surface area (Å²) in [6.07, 6.45) is 6.03. The van der Waals surface area contributed by atoms with E-state index < -0.39 is 0 Å². The average Bonchev–Trinajstić information content (AvgIpc) is 3.60. The summed E-state index contributed by atoms with van der Waals surface area (Å²) in [5.41, 5.74) is 10.7. The molecule has 0 amide bonds. The van der Waals surface area contributed by atoms with E-state index in [1.165, 1.54) is 11.3 Å². The van der Waals surface area contributed by atoms with Gasteiger partial charge in [0.05, 0.1) is 28.3 Å². The van der Waals surface area contributed by atoms with Crippen LogP contribution in [0.25, 0.3) is 27.5 Å². The van der Waals surface area contributed by atoms with Crippen molar-refractivity contribution in [2.45, 2.75) is 30.3 Å². The Bertz CT molecular complexity index is 1340. The molecule has 3 aromatic heterocycles. The molecule has 33 heavy (non-hydrogen) atoms. The predicted molar refractivity (Wildman–Crippen MR) is 129 cm³/mol. The van der Waals surface area contributed by atoms with Crippen LogP contribution in [0.4, 0.5) is 5.13 Å². The van der Waals surface area contributed by atoms with E-state index in [1.807, 2.05) is 41.1 Å². The molecule has 2 aliphatic rings. The molecule has 8 nitrogen and oxygen atoms in total. The monoisotopic (exact) mass is 476 g/mol. The summed E-state index contributed by atoms with van der Waals surface area (Å²) in [4.78, 5) is 4.85. The molecule has 4 aromatic rings. The Hall–Kier alpha value is -3.03. The minimum atomic E-state index is 0.0318. The number of nitrogens with one attached hydrogen (secondary N) is 3. The van der Waals surface area contributed by atoms with Crippen LogP contribution in [-0.2, 0) is 0 Å². The smallest absolute Gasteiger partial charge is 0.206 e. The Balaban J connectivity index is 1.26. The maximum Gasteiger partial charge on any atom is 0.206 e. The number of benzene rings is 1. The second kappa shape index (κ2) is 8.39. The zero-order valence-electron chi connectivity index (χ0n) is 17.6. The Labute approximate surface area is 199 Å². The van der Waals surface area contributed by atoms with Crippen LogP contribution in [0.5, 0.6) is 0 Å². The van der Waals surface area contributed by atoms with E-state index >= 15 is 0 Å². The fourth-order valence-electron chi connectivity index (χ4n) is 4.73. The van der Waals surface area contributed by atoms with Gasteiger partial charge in [-0.25, -0.2) is 4.98 Å². The van der Waals surface area contributed by atoms with Gasteiger partial charge in [-0.2, -0.15) is 5.26 Å². The maximum absolute atomic E-state index is 9.04. The highest BCUT2D eigenvalue weighted by molar-refractivity contribution is 7.18. The van der Waals surface area contributed by atoms with Gasteiger partial charge in [0.25, 0.3) is 0 Å². The first kappa shape index (κ1) is 20.6. The number of hydrogen-bond acceptors (Lipinski definition) is 8. The first-order valence-electron chi connectivity index (χ1n) is 10.9. The molecule has 1 aliphatic heterocycles. The number of alkyl halides is 1. The molecule has 0 spiro atoms. The van der Waals surface area contributed by atoms with Crippen LogP contribution in [-0.4, -0.2) is 43.6 Å². The Morgan fingerprint density at radius 1 is 1.18 bits per heavy atom. The quantitative estimate of drug-likeness (QED) is 0.386. The van der Waals surface area contributed by atoms with Crippen LogP contribution >= 0.6 is 22.9 Å². The highest BCUT2D eigenvalue weighted by atomic mass is 35.5. The largest absolute Gasteiger partial charge is 0.356 e. The molecule has 6 rings (SSSR count). The SMILES string of the molecule is N#Cc1ccc(-c2cn3cccc(-c4nnc(NC5CCC6NNCC6C5Cl)s4)c3n2)cc1. The number of rotatable bonds is 4. The van der Waals surface area contributed by atoms with E-state index in [2.05, 4.69) is 32.4 Å². The van der Waals surface area contributed by atoms with Crippen molar-refractivity contribution in [1.82, 2.24) is 30.4 Å². The Morgan fingerprint density at radius 2 is 2.06 bits per heavy atom. The molecule has 4 unspecified atom stereocenters. The van der Waals surface area contributed by atoms with E-state index in [1.54, 1.807) is 12.1 Å². The van der Waals surface area contributed by atoms with Gasteiger partial charge < -0.3 is 9.72 Å². The van der Waals surface area contributed by atoms with Gasteiger partial charge in [0.15, 0.2) is 5.01 Å². The van der Waals surface area contributed by atoms with Gasteiger partial charge in [-0.3, -0.25) is 10.9 Å². The predicted octanol–water partition coefficient (Wildman–Crippen LogP) is 3.67. The molecule has 4 heterocycles. The van der Waals surface area contributed by atoms with Crippen LogP contribution in [0.3, 0.4) is 0 Å². The van der Waals surface area contributed by atoms with Crippen LogP contribution in [0.2, 0.25) is 0 Å². The number of halogens is 1. The molecule has 4 atom stereocenters. The number of imidazole rings is 1.